The standard InChI is InChI=1S/C20H25ClN2O3S/c1-5-19(20(24)22-13-16-8-6-7-14(2)11-16)23(27(4,25)26)17-10-9-15(3)18(21)12-17/h6-12,19H,5,13H2,1-4H3,(H,22,24)/t19-/m1/s1. The summed E-state index contributed by atoms with van der Waals surface area (Å²) in [6, 6.07) is 11.9. The van der Waals surface area contributed by atoms with Crippen LogP contribution in [0.3, 0.4) is 0 Å². The molecule has 0 aromatic heterocycles. The van der Waals surface area contributed by atoms with E-state index in [4.69, 9.17) is 11.6 Å². The number of carbonyl (C=O) groups excluding carboxylic acids is 1. The number of amides is 1. The van der Waals surface area contributed by atoms with E-state index in [0.717, 1.165) is 27.3 Å². The summed E-state index contributed by atoms with van der Waals surface area (Å²) in [7, 11) is -3.68. The van der Waals surface area contributed by atoms with Crippen molar-refractivity contribution in [1.82, 2.24) is 5.32 Å². The van der Waals surface area contributed by atoms with Crippen molar-refractivity contribution in [2.24, 2.45) is 0 Å². The Morgan fingerprint density at radius 1 is 1.19 bits per heavy atom. The first-order valence-corrected chi connectivity index (χ1v) is 10.9. The number of hydrogen-bond acceptors (Lipinski definition) is 3. The van der Waals surface area contributed by atoms with E-state index in [1.807, 2.05) is 38.1 Å². The van der Waals surface area contributed by atoms with E-state index in [-0.39, 0.29) is 5.91 Å². The van der Waals surface area contributed by atoms with Crippen LogP contribution in [0.1, 0.15) is 30.0 Å². The van der Waals surface area contributed by atoms with Gasteiger partial charge in [0, 0.05) is 11.6 Å². The molecule has 0 spiro atoms. The lowest BCUT2D eigenvalue weighted by Gasteiger charge is -2.30. The summed E-state index contributed by atoms with van der Waals surface area (Å²) in [5.74, 6) is -0.346. The number of halogens is 1. The Labute approximate surface area is 166 Å². The van der Waals surface area contributed by atoms with E-state index in [1.165, 1.54) is 0 Å². The minimum Gasteiger partial charge on any atom is -0.350 e. The zero-order chi connectivity index (χ0) is 20.2. The Bertz CT molecular complexity index is 929. The van der Waals surface area contributed by atoms with Crippen LogP contribution in [0.5, 0.6) is 0 Å². The lowest BCUT2D eigenvalue weighted by Crippen LogP contribution is -2.49. The monoisotopic (exact) mass is 408 g/mol. The van der Waals surface area contributed by atoms with Gasteiger partial charge in [-0.1, -0.05) is 54.4 Å². The topological polar surface area (TPSA) is 66.5 Å². The molecule has 7 heteroatoms. The molecule has 5 nitrogen and oxygen atoms in total. The molecule has 146 valence electrons. The normalized spacial score (nSPS) is 12.5. The number of benzene rings is 2. The lowest BCUT2D eigenvalue weighted by atomic mass is 10.1. The molecule has 0 unspecified atom stereocenters. The molecule has 2 aromatic rings. The Kier molecular flexibility index (Phi) is 6.89. The van der Waals surface area contributed by atoms with Gasteiger partial charge < -0.3 is 5.32 Å². The van der Waals surface area contributed by atoms with E-state index in [2.05, 4.69) is 5.32 Å². The molecule has 0 fully saturated rings. The van der Waals surface area contributed by atoms with Crippen LogP contribution in [0.4, 0.5) is 5.69 Å². The number of nitrogens with one attached hydrogen (secondary N) is 1. The third kappa shape index (κ3) is 5.47. The number of rotatable bonds is 7. The molecule has 0 aliphatic carbocycles. The van der Waals surface area contributed by atoms with Crippen molar-refractivity contribution in [3.8, 4) is 0 Å². The van der Waals surface area contributed by atoms with Crippen molar-refractivity contribution in [3.63, 3.8) is 0 Å². The van der Waals surface area contributed by atoms with Gasteiger partial charge in [0.25, 0.3) is 0 Å². The van der Waals surface area contributed by atoms with E-state index < -0.39 is 16.1 Å². The van der Waals surface area contributed by atoms with E-state index >= 15 is 0 Å². The first-order valence-electron chi connectivity index (χ1n) is 8.72. The van der Waals surface area contributed by atoms with Crippen LogP contribution in [-0.4, -0.2) is 26.6 Å². The largest absolute Gasteiger partial charge is 0.350 e. The van der Waals surface area contributed by atoms with Crippen LogP contribution < -0.4 is 9.62 Å². The minimum absolute atomic E-state index is 0.332. The molecule has 0 radical (unpaired) electrons. The van der Waals surface area contributed by atoms with Crippen molar-refractivity contribution in [3.05, 3.63) is 64.2 Å². The van der Waals surface area contributed by atoms with Gasteiger partial charge in [-0.25, -0.2) is 8.42 Å². The summed E-state index contributed by atoms with van der Waals surface area (Å²) in [6.07, 6.45) is 1.43. The fourth-order valence-electron chi connectivity index (χ4n) is 2.91. The van der Waals surface area contributed by atoms with Crippen molar-refractivity contribution >= 4 is 33.2 Å². The number of sulfonamides is 1. The quantitative estimate of drug-likeness (QED) is 0.757. The molecule has 2 rings (SSSR count). The van der Waals surface area contributed by atoms with E-state index in [9.17, 15) is 13.2 Å². The Morgan fingerprint density at radius 3 is 2.44 bits per heavy atom. The Balaban J connectivity index is 2.28. The van der Waals surface area contributed by atoms with Crippen molar-refractivity contribution in [2.75, 3.05) is 10.6 Å². The molecule has 27 heavy (non-hydrogen) atoms. The number of hydrogen-bond donors (Lipinski definition) is 1. The molecule has 0 heterocycles. The molecule has 1 atom stereocenters. The zero-order valence-corrected chi connectivity index (χ0v) is 17.6. The van der Waals surface area contributed by atoms with Gasteiger partial charge in [-0.3, -0.25) is 9.10 Å². The van der Waals surface area contributed by atoms with Crippen LogP contribution in [0.25, 0.3) is 0 Å². The van der Waals surface area contributed by atoms with E-state index in [0.29, 0.717) is 23.7 Å². The third-order valence-electron chi connectivity index (χ3n) is 4.29. The average molecular weight is 409 g/mol. The molecule has 0 saturated carbocycles. The van der Waals surface area contributed by atoms with Crippen LogP contribution in [0, 0.1) is 13.8 Å². The molecule has 2 aromatic carbocycles. The van der Waals surface area contributed by atoms with Gasteiger partial charge >= 0.3 is 0 Å². The van der Waals surface area contributed by atoms with Crippen LogP contribution in [-0.2, 0) is 21.4 Å². The van der Waals surface area contributed by atoms with Gasteiger partial charge in [0.05, 0.1) is 11.9 Å². The first kappa shape index (κ1) is 21.3. The molecule has 0 aliphatic heterocycles. The summed E-state index contributed by atoms with van der Waals surface area (Å²) in [5.41, 5.74) is 3.28. The molecular weight excluding hydrogens is 384 g/mol. The molecular formula is C20H25ClN2O3S. The molecule has 1 N–H and O–H groups in total. The summed E-state index contributed by atoms with van der Waals surface area (Å²) in [6.45, 7) is 5.93. The van der Waals surface area contributed by atoms with Gasteiger partial charge in [0.2, 0.25) is 15.9 Å². The maximum absolute atomic E-state index is 12.8. The summed E-state index contributed by atoms with van der Waals surface area (Å²) in [5, 5.41) is 3.30. The van der Waals surface area contributed by atoms with Gasteiger partial charge in [-0.05, 0) is 43.5 Å². The van der Waals surface area contributed by atoms with Gasteiger partial charge in [0.15, 0.2) is 0 Å². The molecule has 1 amide bonds. The number of anilines is 1. The Morgan fingerprint density at radius 2 is 1.89 bits per heavy atom. The number of nitrogens with zero attached hydrogens (tertiary/aromatic N) is 1. The SMILES string of the molecule is CC[C@H](C(=O)NCc1cccc(C)c1)N(c1ccc(C)c(Cl)c1)S(C)(=O)=O. The predicted octanol–water partition coefficient (Wildman–Crippen LogP) is 3.82. The van der Waals surface area contributed by atoms with Gasteiger partial charge in [-0.15, -0.1) is 0 Å². The molecule has 0 saturated heterocycles. The van der Waals surface area contributed by atoms with Crippen molar-refractivity contribution < 1.29 is 13.2 Å². The second kappa shape index (κ2) is 8.76. The van der Waals surface area contributed by atoms with Gasteiger partial charge in [0.1, 0.15) is 6.04 Å². The lowest BCUT2D eigenvalue weighted by molar-refractivity contribution is -0.122. The van der Waals surface area contributed by atoms with Crippen LogP contribution >= 0.6 is 11.6 Å². The highest BCUT2D eigenvalue weighted by molar-refractivity contribution is 7.92. The highest BCUT2D eigenvalue weighted by Gasteiger charge is 2.31. The van der Waals surface area contributed by atoms with Crippen molar-refractivity contribution in [1.29, 1.82) is 0 Å². The smallest absolute Gasteiger partial charge is 0.244 e. The summed E-state index contributed by atoms with van der Waals surface area (Å²) >= 11 is 6.17. The molecule has 0 bridgehead atoms. The highest BCUT2D eigenvalue weighted by Crippen LogP contribution is 2.27. The van der Waals surface area contributed by atoms with Crippen molar-refractivity contribution in [2.45, 2.75) is 39.8 Å². The zero-order valence-electron chi connectivity index (χ0n) is 16.0. The number of aryl methyl sites for hydroxylation is 2. The molecule has 0 aliphatic rings. The fourth-order valence-corrected chi connectivity index (χ4v) is 4.29. The summed E-state index contributed by atoms with van der Waals surface area (Å²) < 4.78 is 26.1. The second-order valence-electron chi connectivity index (χ2n) is 6.62. The van der Waals surface area contributed by atoms with Gasteiger partial charge in [-0.2, -0.15) is 0 Å². The predicted molar refractivity (Wildman–Crippen MR) is 111 cm³/mol. The van der Waals surface area contributed by atoms with Crippen LogP contribution in [0.15, 0.2) is 42.5 Å². The maximum atomic E-state index is 12.8. The Hall–Kier alpha value is -2.05. The van der Waals surface area contributed by atoms with E-state index in [1.54, 1.807) is 25.1 Å². The number of carbonyl (C=O) groups is 1. The highest BCUT2D eigenvalue weighted by atomic mass is 35.5. The van der Waals surface area contributed by atoms with Crippen LogP contribution in [0.2, 0.25) is 5.02 Å². The first-order chi connectivity index (χ1) is 12.6. The maximum Gasteiger partial charge on any atom is 0.244 e. The second-order valence-corrected chi connectivity index (χ2v) is 8.89. The third-order valence-corrected chi connectivity index (χ3v) is 5.88. The minimum atomic E-state index is -3.68. The average Bonchev–Trinajstić information content (AvgIpc) is 2.59. The summed E-state index contributed by atoms with van der Waals surface area (Å²) in [4.78, 5) is 12.8. The fraction of sp³-hybridized carbons (Fsp3) is 0.350.